The van der Waals surface area contributed by atoms with Crippen molar-refractivity contribution in [1.29, 1.82) is 0 Å². The summed E-state index contributed by atoms with van der Waals surface area (Å²) in [4.78, 5) is 0. The highest BCUT2D eigenvalue weighted by atomic mass is 32.1. The summed E-state index contributed by atoms with van der Waals surface area (Å²) < 4.78 is 26.2. The molecule has 1 aromatic rings. The number of halogens is 2. The van der Waals surface area contributed by atoms with Gasteiger partial charge in [0.05, 0.1) is 0 Å². The van der Waals surface area contributed by atoms with E-state index in [2.05, 4.69) is 17.9 Å². The van der Waals surface area contributed by atoms with Gasteiger partial charge in [0.25, 0.3) is 0 Å². The predicted molar refractivity (Wildman–Crippen MR) is 56.6 cm³/mol. The normalized spacial score (nSPS) is 12.9. The zero-order valence-electron chi connectivity index (χ0n) is 7.93. The van der Waals surface area contributed by atoms with E-state index in [0.29, 0.717) is 17.7 Å². The Hall–Kier alpha value is -0.610. The van der Waals surface area contributed by atoms with Gasteiger partial charge in [0.1, 0.15) is 11.6 Å². The molecule has 0 fully saturated rings. The number of thiol groups is 1. The first-order valence-corrected chi connectivity index (χ1v) is 5.05. The number of rotatable bonds is 4. The summed E-state index contributed by atoms with van der Waals surface area (Å²) in [6.07, 6.45) is 0.667. The van der Waals surface area contributed by atoms with Gasteiger partial charge in [-0.15, -0.1) is 0 Å². The first-order chi connectivity index (χ1) is 6.69. The summed E-state index contributed by atoms with van der Waals surface area (Å²) >= 11 is 4.07. The number of hydrogen-bond acceptors (Lipinski definition) is 2. The van der Waals surface area contributed by atoms with Gasteiger partial charge in [0.15, 0.2) is 0 Å². The first kappa shape index (κ1) is 11.5. The molecule has 0 saturated heterocycles. The van der Waals surface area contributed by atoms with Crippen molar-refractivity contribution in [1.82, 2.24) is 5.32 Å². The lowest BCUT2D eigenvalue weighted by atomic mass is 10.0. The van der Waals surface area contributed by atoms with Gasteiger partial charge in [0.2, 0.25) is 0 Å². The third-order valence-corrected chi connectivity index (χ3v) is 2.36. The van der Waals surface area contributed by atoms with Crippen molar-refractivity contribution in [3.8, 4) is 0 Å². The van der Waals surface area contributed by atoms with Crippen molar-refractivity contribution in [2.75, 3.05) is 12.8 Å². The molecule has 1 rings (SSSR count). The van der Waals surface area contributed by atoms with Crippen LogP contribution in [0.2, 0.25) is 0 Å². The lowest BCUT2D eigenvalue weighted by molar-refractivity contribution is 0.518. The van der Waals surface area contributed by atoms with Gasteiger partial charge in [-0.3, -0.25) is 0 Å². The summed E-state index contributed by atoms with van der Waals surface area (Å²) in [6.45, 7) is 0. The molecule has 0 saturated carbocycles. The van der Waals surface area contributed by atoms with Crippen LogP contribution in [-0.4, -0.2) is 12.8 Å². The maximum absolute atomic E-state index is 13.3. The standard InChI is InChI=1S/C10H13F2NS/c1-13-10(4-5-14)8-6-7(11)2-3-9(8)12/h2-3,6,10,13-14H,4-5H2,1H3. The van der Waals surface area contributed by atoms with Crippen molar-refractivity contribution < 1.29 is 8.78 Å². The molecule has 1 unspecified atom stereocenters. The smallest absolute Gasteiger partial charge is 0.128 e. The zero-order chi connectivity index (χ0) is 10.6. The maximum Gasteiger partial charge on any atom is 0.128 e. The van der Waals surface area contributed by atoms with Crippen LogP contribution in [0.4, 0.5) is 8.78 Å². The van der Waals surface area contributed by atoms with Crippen molar-refractivity contribution in [2.45, 2.75) is 12.5 Å². The molecule has 0 aromatic heterocycles. The van der Waals surface area contributed by atoms with E-state index in [9.17, 15) is 8.78 Å². The van der Waals surface area contributed by atoms with E-state index in [0.717, 1.165) is 12.1 Å². The Bertz CT molecular complexity index is 304. The van der Waals surface area contributed by atoms with Crippen LogP contribution in [0.1, 0.15) is 18.0 Å². The Morgan fingerprint density at radius 2 is 2.14 bits per heavy atom. The zero-order valence-corrected chi connectivity index (χ0v) is 8.82. The molecule has 4 heteroatoms. The van der Waals surface area contributed by atoms with Crippen molar-refractivity contribution >= 4 is 12.6 Å². The second-order valence-corrected chi connectivity index (χ2v) is 3.47. The Balaban J connectivity index is 2.96. The van der Waals surface area contributed by atoms with Crippen LogP contribution in [0.5, 0.6) is 0 Å². The highest BCUT2D eigenvalue weighted by molar-refractivity contribution is 7.80. The summed E-state index contributed by atoms with van der Waals surface area (Å²) in [5, 5.41) is 2.93. The predicted octanol–water partition coefficient (Wildman–Crippen LogP) is 2.55. The molecule has 78 valence electrons. The van der Waals surface area contributed by atoms with E-state index >= 15 is 0 Å². The monoisotopic (exact) mass is 217 g/mol. The van der Waals surface area contributed by atoms with Crippen LogP contribution >= 0.6 is 12.6 Å². The quantitative estimate of drug-likeness (QED) is 0.739. The minimum atomic E-state index is -0.416. The van der Waals surface area contributed by atoms with E-state index in [-0.39, 0.29) is 11.9 Å². The second kappa shape index (κ2) is 5.32. The summed E-state index contributed by atoms with van der Waals surface area (Å²) in [6, 6.07) is 3.31. The fourth-order valence-corrected chi connectivity index (χ4v) is 1.62. The molecule has 14 heavy (non-hydrogen) atoms. The summed E-state index contributed by atoms with van der Waals surface area (Å²) in [5.74, 6) is -0.171. The Labute approximate surface area is 87.9 Å². The van der Waals surface area contributed by atoms with Gasteiger partial charge < -0.3 is 5.32 Å². The number of hydrogen-bond donors (Lipinski definition) is 2. The molecule has 1 atom stereocenters. The molecular formula is C10H13F2NS. The van der Waals surface area contributed by atoms with Gasteiger partial charge in [-0.1, -0.05) is 0 Å². The van der Waals surface area contributed by atoms with Gasteiger partial charge in [-0.25, -0.2) is 8.78 Å². The molecule has 0 radical (unpaired) electrons. The van der Waals surface area contributed by atoms with E-state index in [4.69, 9.17) is 0 Å². The molecule has 0 bridgehead atoms. The van der Waals surface area contributed by atoms with Crippen LogP contribution in [0, 0.1) is 11.6 Å². The average Bonchev–Trinajstić information content (AvgIpc) is 2.18. The first-order valence-electron chi connectivity index (χ1n) is 4.42. The third kappa shape index (κ3) is 2.69. The van der Waals surface area contributed by atoms with Crippen molar-refractivity contribution in [3.63, 3.8) is 0 Å². The largest absolute Gasteiger partial charge is 0.313 e. The Kier molecular flexibility index (Phi) is 4.35. The Morgan fingerprint density at radius 3 is 2.71 bits per heavy atom. The Morgan fingerprint density at radius 1 is 1.43 bits per heavy atom. The summed E-state index contributed by atoms with van der Waals surface area (Å²) in [5.41, 5.74) is 0.363. The van der Waals surface area contributed by atoms with Crippen LogP contribution in [0.25, 0.3) is 0 Å². The van der Waals surface area contributed by atoms with E-state index < -0.39 is 5.82 Å². The highest BCUT2D eigenvalue weighted by Crippen LogP contribution is 2.21. The minimum absolute atomic E-state index is 0.178. The minimum Gasteiger partial charge on any atom is -0.313 e. The van der Waals surface area contributed by atoms with Crippen LogP contribution in [0.15, 0.2) is 18.2 Å². The van der Waals surface area contributed by atoms with Crippen LogP contribution in [0.3, 0.4) is 0 Å². The third-order valence-electron chi connectivity index (χ3n) is 2.10. The molecule has 0 heterocycles. The molecule has 0 aliphatic rings. The van der Waals surface area contributed by atoms with Crippen molar-refractivity contribution in [2.24, 2.45) is 0 Å². The maximum atomic E-state index is 13.3. The molecule has 0 aliphatic heterocycles. The SMILES string of the molecule is CNC(CCS)c1cc(F)ccc1F. The fraction of sp³-hybridized carbons (Fsp3) is 0.400. The van der Waals surface area contributed by atoms with Crippen LogP contribution < -0.4 is 5.32 Å². The lowest BCUT2D eigenvalue weighted by Gasteiger charge is -2.16. The average molecular weight is 217 g/mol. The van der Waals surface area contributed by atoms with Gasteiger partial charge in [-0.05, 0) is 37.4 Å². The molecule has 0 spiro atoms. The van der Waals surface area contributed by atoms with E-state index in [1.807, 2.05) is 0 Å². The van der Waals surface area contributed by atoms with E-state index in [1.165, 1.54) is 6.07 Å². The molecule has 1 aromatic carbocycles. The molecular weight excluding hydrogens is 204 g/mol. The fourth-order valence-electron chi connectivity index (χ4n) is 1.37. The number of benzene rings is 1. The second-order valence-electron chi connectivity index (χ2n) is 3.02. The van der Waals surface area contributed by atoms with Gasteiger partial charge >= 0.3 is 0 Å². The van der Waals surface area contributed by atoms with Gasteiger partial charge in [-0.2, -0.15) is 12.6 Å². The van der Waals surface area contributed by atoms with Gasteiger partial charge in [0, 0.05) is 11.6 Å². The van der Waals surface area contributed by atoms with Crippen molar-refractivity contribution in [3.05, 3.63) is 35.4 Å². The lowest BCUT2D eigenvalue weighted by Crippen LogP contribution is -2.18. The molecule has 1 nitrogen and oxygen atoms in total. The highest BCUT2D eigenvalue weighted by Gasteiger charge is 2.13. The number of nitrogens with one attached hydrogen (secondary N) is 1. The van der Waals surface area contributed by atoms with E-state index in [1.54, 1.807) is 7.05 Å². The van der Waals surface area contributed by atoms with Crippen LogP contribution in [-0.2, 0) is 0 Å². The molecule has 1 N–H and O–H groups in total. The molecule has 0 amide bonds. The molecule has 0 aliphatic carbocycles. The summed E-state index contributed by atoms with van der Waals surface area (Å²) in [7, 11) is 1.72. The topological polar surface area (TPSA) is 12.0 Å².